The zero-order valence-electron chi connectivity index (χ0n) is 11.1. The maximum Gasteiger partial charge on any atom is 0.287 e. The molecule has 8 heteroatoms. The summed E-state index contributed by atoms with van der Waals surface area (Å²) in [6.07, 6.45) is 0.0441. The lowest BCUT2D eigenvalue weighted by Crippen LogP contribution is -2.33. The summed E-state index contributed by atoms with van der Waals surface area (Å²) in [5, 5.41) is 11.4. The zero-order chi connectivity index (χ0) is 15.9. The maximum atomic E-state index is 12.5. The minimum atomic E-state index is -0.636. The smallest absolute Gasteiger partial charge is 0.287 e. The SMILES string of the molecule is N#CCCn1[nH]c(=O)c2[nH]c3cc(Cl)ccc3c(=O)c2c1=O. The molecule has 0 spiro atoms. The first kappa shape index (κ1) is 14.1. The summed E-state index contributed by atoms with van der Waals surface area (Å²) in [7, 11) is 0. The molecule has 110 valence electrons. The second kappa shape index (κ2) is 5.16. The van der Waals surface area contributed by atoms with Crippen LogP contribution in [0.1, 0.15) is 6.42 Å². The largest absolute Gasteiger partial charge is 0.350 e. The van der Waals surface area contributed by atoms with E-state index in [0.29, 0.717) is 10.5 Å². The van der Waals surface area contributed by atoms with Gasteiger partial charge in [0.2, 0.25) is 5.43 Å². The minimum absolute atomic E-state index is 0.0125. The highest BCUT2D eigenvalue weighted by molar-refractivity contribution is 6.31. The number of fused-ring (bicyclic) bond motifs is 2. The molecule has 3 aromatic rings. The number of rotatable bonds is 2. The third-order valence-electron chi connectivity index (χ3n) is 3.33. The fourth-order valence-corrected chi connectivity index (χ4v) is 2.49. The Morgan fingerprint density at radius 2 is 2.05 bits per heavy atom. The zero-order valence-corrected chi connectivity index (χ0v) is 11.9. The first-order valence-electron chi connectivity index (χ1n) is 6.38. The Bertz CT molecular complexity index is 1120. The number of pyridine rings is 1. The molecule has 0 aliphatic rings. The number of halogens is 1. The van der Waals surface area contributed by atoms with Crippen LogP contribution in [-0.2, 0) is 6.54 Å². The molecule has 0 aliphatic heterocycles. The molecule has 1 aromatic carbocycles. The number of hydrogen-bond acceptors (Lipinski definition) is 4. The van der Waals surface area contributed by atoms with Crippen LogP contribution in [-0.4, -0.2) is 14.8 Å². The van der Waals surface area contributed by atoms with Gasteiger partial charge in [-0.1, -0.05) is 11.6 Å². The molecule has 3 rings (SSSR count). The molecule has 0 radical (unpaired) electrons. The summed E-state index contributed by atoms with van der Waals surface area (Å²) in [5.74, 6) is 0. The molecular weight excluding hydrogens is 308 g/mol. The van der Waals surface area contributed by atoms with E-state index in [-0.39, 0.29) is 29.3 Å². The fraction of sp³-hybridized carbons (Fsp3) is 0.143. The van der Waals surface area contributed by atoms with Gasteiger partial charge in [-0.2, -0.15) is 5.26 Å². The Labute approximate surface area is 127 Å². The predicted molar refractivity (Wildman–Crippen MR) is 82.2 cm³/mol. The van der Waals surface area contributed by atoms with E-state index in [2.05, 4.69) is 10.1 Å². The van der Waals surface area contributed by atoms with Crippen molar-refractivity contribution < 1.29 is 0 Å². The van der Waals surface area contributed by atoms with Crippen LogP contribution >= 0.6 is 11.6 Å². The van der Waals surface area contributed by atoms with Crippen LogP contribution in [0.5, 0.6) is 0 Å². The Morgan fingerprint density at radius 1 is 1.27 bits per heavy atom. The van der Waals surface area contributed by atoms with Gasteiger partial charge in [0.25, 0.3) is 11.1 Å². The molecule has 2 N–H and O–H groups in total. The van der Waals surface area contributed by atoms with Crippen LogP contribution in [0.3, 0.4) is 0 Å². The van der Waals surface area contributed by atoms with E-state index in [9.17, 15) is 14.4 Å². The molecule has 0 unspecified atom stereocenters. The van der Waals surface area contributed by atoms with Gasteiger partial charge in [0.05, 0.1) is 24.6 Å². The Hall–Kier alpha value is -2.85. The number of benzene rings is 1. The molecule has 0 amide bonds. The first-order chi connectivity index (χ1) is 10.5. The summed E-state index contributed by atoms with van der Waals surface area (Å²) in [4.78, 5) is 39.7. The lowest BCUT2D eigenvalue weighted by atomic mass is 10.1. The van der Waals surface area contributed by atoms with Gasteiger partial charge in [-0.05, 0) is 18.2 Å². The van der Waals surface area contributed by atoms with Crippen molar-refractivity contribution in [1.29, 1.82) is 5.26 Å². The molecule has 22 heavy (non-hydrogen) atoms. The number of nitrogens with zero attached hydrogens (tertiary/aromatic N) is 2. The third-order valence-corrected chi connectivity index (χ3v) is 3.57. The summed E-state index contributed by atoms with van der Waals surface area (Å²) >= 11 is 5.87. The highest BCUT2D eigenvalue weighted by Gasteiger charge is 2.14. The summed E-state index contributed by atoms with van der Waals surface area (Å²) in [5.41, 5.74) is -1.50. The van der Waals surface area contributed by atoms with Crippen molar-refractivity contribution in [2.45, 2.75) is 13.0 Å². The minimum Gasteiger partial charge on any atom is -0.350 e. The quantitative estimate of drug-likeness (QED) is 0.689. The lowest BCUT2D eigenvalue weighted by molar-refractivity contribution is 0.586. The monoisotopic (exact) mass is 316 g/mol. The average molecular weight is 317 g/mol. The van der Waals surface area contributed by atoms with Crippen LogP contribution < -0.4 is 16.5 Å². The Kier molecular flexibility index (Phi) is 3.31. The van der Waals surface area contributed by atoms with Crippen molar-refractivity contribution in [2.75, 3.05) is 0 Å². The van der Waals surface area contributed by atoms with Gasteiger partial charge < -0.3 is 4.98 Å². The lowest BCUT2D eigenvalue weighted by Gasteiger charge is -2.06. The highest BCUT2D eigenvalue weighted by atomic mass is 35.5. The van der Waals surface area contributed by atoms with Gasteiger partial charge in [-0.15, -0.1) is 0 Å². The van der Waals surface area contributed by atoms with E-state index in [1.165, 1.54) is 18.2 Å². The molecule has 0 saturated carbocycles. The molecule has 0 fully saturated rings. The third kappa shape index (κ3) is 2.10. The van der Waals surface area contributed by atoms with E-state index in [1.54, 1.807) is 0 Å². The molecule has 0 bridgehead atoms. The van der Waals surface area contributed by atoms with Crippen LogP contribution in [0, 0.1) is 11.3 Å². The second-order valence-electron chi connectivity index (χ2n) is 4.70. The molecule has 2 heterocycles. The van der Waals surface area contributed by atoms with E-state index in [4.69, 9.17) is 16.9 Å². The van der Waals surface area contributed by atoms with Gasteiger partial charge in [0.15, 0.2) is 0 Å². The molecule has 0 saturated heterocycles. The number of aromatic amines is 2. The van der Waals surface area contributed by atoms with Crippen LogP contribution in [0.25, 0.3) is 21.8 Å². The predicted octanol–water partition coefficient (Wildman–Crippen LogP) is 1.10. The second-order valence-corrected chi connectivity index (χ2v) is 5.14. The van der Waals surface area contributed by atoms with Crippen molar-refractivity contribution >= 4 is 33.4 Å². The van der Waals surface area contributed by atoms with Crippen LogP contribution in [0.15, 0.2) is 32.6 Å². The molecule has 0 atom stereocenters. The summed E-state index contributed by atoms with van der Waals surface area (Å²) < 4.78 is 0.977. The number of aromatic nitrogens is 3. The Balaban J connectivity index is 2.49. The Morgan fingerprint density at radius 3 is 2.77 bits per heavy atom. The molecule has 7 nitrogen and oxygen atoms in total. The van der Waals surface area contributed by atoms with Crippen molar-refractivity contribution in [3.63, 3.8) is 0 Å². The number of aryl methyl sites for hydroxylation is 1. The van der Waals surface area contributed by atoms with E-state index in [1.807, 2.05) is 6.07 Å². The standard InChI is InChI=1S/C14H9ClN4O3/c15-7-2-3-8-9(6-7)17-11-10(12(8)20)14(22)19(5-1-4-16)18-13(11)21/h2-3,6H,1,5H2,(H,17,20)(H,18,21). The van der Waals surface area contributed by atoms with E-state index < -0.39 is 16.5 Å². The van der Waals surface area contributed by atoms with Crippen molar-refractivity contribution in [2.24, 2.45) is 0 Å². The van der Waals surface area contributed by atoms with Gasteiger partial charge in [-0.25, -0.2) is 4.68 Å². The number of H-pyrrole nitrogens is 2. The van der Waals surface area contributed by atoms with Gasteiger partial charge >= 0.3 is 0 Å². The number of nitriles is 1. The number of hydrogen-bond donors (Lipinski definition) is 2. The molecule has 2 aromatic heterocycles. The van der Waals surface area contributed by atoms with Crippen LogP contribution in [0.2, 0.25) is 5.02 Å². The maximum absolute atomic E-state index is 12.5. The van der Waals surface area contributed by atoms with Gasteiger partial charge in [-0.3, -0.25) is 19.5 Å². The van der Waals surface area contributed by atoms with Crippen molar-refractivity contribution in [1.82, 2.24) is 14.8 Å². The van der Waals surface area contributed by atoms with E-state index in [0.717, 1.165) is 4.68 Å². The van der Waals surface area contributed by atoms with Gasteiger partial charge in [0.1, 0.15) is 10.9 Å². The normalized spacial score (nSPS) is 10.9. The topological polar surface area (TPSA) is 112 Å². The summed E-state index contributed by atoms with van der Waals surface area (Å²) in [6.45, 7) is 0.0125. The van der Waals surface area contributed by atoms with E-state index >= 15 is 0 Å². The van der Waals surface area contributed by atoms with Crippen LogP contribution in [0.4, 0.5) is 0 Å². The fourth-order valence-electron chi connectivity index (χ4n) is 2.32. The first-order valence-corrected chi connectivity index (χ1v) is 6.76. The molecular formula is C14H9ClN4O3. The summed E-state index contributed by atoms with van der Waals surface area (Å²) in [6, 6.07) is 6.42. The van der Waals surface area contributed by atoms with Crippen molar-refractivity contribution in [3.8, 4) is 6.07 Å². The van der Waals surface area contributed by atoms with Gasteiger partial charge in [0, 0.05) is 10.4 Å². The highest BCUT2D eigenvalue weighted by Crippen LogP contribution is 2.16. The number of nitrogens with one attached hydrogen (secondary N) is 2. The molecule has 0 aliphatic carbocycles. The average Bonchev–Trinajstić information content (AvgIpc) is 2.49. The van der Waals surface area contributed by atoms with Crippen molar-refractivity contribution in [3.05, 3.63) is 54.2 Å².